The van der Waals surface area contributed by atoms with Gasteiger partial charge < -0.3 is 19.7 Å². The van der Waals surface area contributed by atoms with Crippen LogP contribution in [0.15, 0.2) is 36.4 Å². The highest BCUT2D eigenvalue weighted by Crippen LogP contribution is 2.34. The second-order valence-corrected chi connectivity index (χ2v) is 11.1. The normalized spacial score (nSPS) is 12.0. The number of carbonyl (C=O) groups is 2. The number of hydrogen-bond donors (Lipinski definition) is 1. The molecule has 0 heterocycles. The van der Waals surface area contributed by atoms with Crippen LogP contribution in [0.25, 0.3) is 0 Å². The Labute approximate surface area is 228 Å². The number of nitrogens with zero attached hydrogens (tertiary/aromatic N) is 2. The highest BCUT2D eigenvalue weighted by molar-refractivity contribution is 7.92. The van der Waals surface area contributed by atoms with Gasteiger partial charge in [0.25, 0.3) is 0 Å². The van der Waals surface area contributed by atoms with Crippen molar-refractivity contribution in [2.45, 2.75) is 39.3 Å². The molecule has 2 amide bonds. The fourth-order valence-electron chi connectivity index (χ4n) is 3.56. The fraction of sp³-hybridized carbons (Fsp3) is 0.440. The molecule has 2 aromatic rings. The number of nitrogens with one attached hydrogen (secondary N) is 1. The minimum absolute atomic E-state index is 0.100. The highest BCUT2D eigenvalue weighted by atomic mass is 35.5. The lowest BCUT2D eigenvalue weighted by molar-refractivity contribution is -0.139. The molecule has 0 fully saturated rings. The molecule has 204 valence electrons. The van der Waals surface area contributed by atoms with Crippen molar-refractivity contribution in [2.24, 2.45) is 0 Å². The van der Waals surface area contributed by atoms with Gasteiger partial charge in [-0.25, -0.2) is 8.42 Å². The molecule has 0 bridgehead atoms. The van der Waals surface area contributed by atoms with E-state index < -0.39 is 28.5 Å². The van der Waals surface area contributed by atoms with Gasteiger partial charge in [0, 0.05) is 34.8 Å². The minimum atomic E-state index is -3.94. The number of amides is 2. The molecule has 0 saturated heterocycles. The van der Waals surface area contributed by atoms with E-state index in [1.54, 1.807) is 31.2 Å². The number of benzene rings is 2. The van der Waals surface area contributed by atoms with Crippen LogP contribution < -0.4 is 19.1 Å². The van der Waals surface area contributed by atoms with Crippen LogP contribution in [0.5, 0.6) is 11.5 Å². The summed E-state index contributed by atoms with van der Waals surface area (Å²) in [6.07, 6.45) is 2.65. The van der Waals surface area contributed by atoms with E-state index in [1.165, 1.54) is 31.3 Å². The standard InChI is InChI=1S/C25H33Cl2N3O6S/c1-6-7-13-28-25(32)17(2)29(15-19-20(26)9-8-10-21(19)27)24(31)16-30(37(5,33)34)22-12-11-18(35-3)14-23(22)36-4/h8-12,14,17H,6-7,13,15-16H2,1-5H3,(H,28,32)/t17-/m1/s1. The van der Waals surface area contributed by atoms with Gasteiger partial charge in [0.15, 0.2) is 0 Å². The van der Waals surface area contributed by atoms with Gasteiger partial charge in [-0.2, -0.15) is 0 Å². The average Bonchev–Trinajstić information content (AvgIpc) is 2.85. The number of sulfonamides is 1. The third-order valence-corrected chi connectivity index (χ3v) is 7.56. The van der Waals surface area contributed by atoms with Gasteiger partial charge in [-0.05, 0) is 37.6 Å². The van der Waals surface area contributed by atoms with E-state index in [9.17, 15) is 18.0 Å². The molecule has 0 radical (unpaired) electrons. The molecule has 0 aliphatic rings. The molecular formula is C25H33Cl2N3O6S. The Morgan fingerprint density at radius 3 is 2.27 bits per heavy atom. The molecule has 9 nitrogen and oxygen atoms in total. The molecule has 37 heavy (non-hydrogen) atoms. The number of ether oxygens (including phenoxy) is 2. The van der Waals surface area contributed by atoms with Crippen molar-refractivity contribution in [3.63, 3.8) is 0 Å². The second-order valence-electron chi connectivity index (χ2n) is 8.35. The maximum absolute atomic E-state index is 13.7. The Morgan fingerprint density at radius 2 is 1.73 bits per heavy atom. The number of halogens is 2. The lowest BCUT2D eigenvalue weighted by Crippen LogP contribution is -2.51. The van der Waals surface area contributed by atoms with Crippen LogP contribution in [-0.2, 0) is 26.2 Å². The molecule has 2 aromatic carbocycles. The van der Waals surface area contributed by atoms with E-state index in [2.05, 4.69) is 5.32 Å². The Hall–Kier alpha value is -2.69. The fourth-order valence-corrected chi connectivity index (χ4v) is 4.93. The van der Waals surface area contributed by atoms with Crippen molar-refractivity contribution < 1.29 is 27.5 Å². The van der Waals surface area contributed by atoms with E-state index >= 15 is 0 Å². The van der Waals surface area contributed by atoms with Crippen LogP contribution >= 0.6 is 23.2 Å². The van der Waals surface area contributed by atoms with E-state index in [0.29, 0.717) is 27.9 Å². The molecule has 0 aromatic heterocycles. The lowest BCUT2D eigenvalue weighted by Gasteiger charge is -2.32. The number of hydrogen-bond acceptors (Lipinski definition) is 6. The lowest BCUT2D eigenvalue weighted by atomic mass is 10.1. The van der Waals surface area contributed by atoms with Crippen molar-refractivity contribution in [3.8, 4) is 11.5 Å². The first-order valence-electron chi connectivity index (χ1n) is 11.6. The van der Waals surface area contributed by atoms with Crippen molar-refractivity contribution in [3.05, 3.63) is 52.0 Å². The molecule has 1 N–H and O–H groups in total. The predicted molar refractivity (Wildman–Crippen MR) is 146 cm³/mol. The van der Waals surface area contributed by atoms with Crippen LogP contribution in [0, 0.1) is 0 Å². The quantitative estimate of drug-likeness (QED) is 0.361. The summed E-state index contributed by atoms with van der Waals surface area (Å²) >= 11 is 12.7. The largest absolute Gasteiger partial charge is 0.497 e. The molecule has 1 atom stereocenters. The van der Waals surface area contributed by atoms with Gasteiger partial charge in [-0.1, -0.05) is 42.6 Å². The van der Waals surface area contributed by atoms with Crippen LogP contribution in [0.3, 0.4) is 0 Å². The van der Waals surface area contributed by atoms with Crippen molar-refractivity contribution in [2.75, 3.05) is 37.9 Å². The highest BCUT2D eigenvalue weighted by Gasteiger charge is 2.32. The van der Waals surface area contributed by atoms with Gasteiger partial charge in [-0.3, -0.25) is 13.9 Å². The van der Waals surface area contributed by atoms with Crippen molar-refractivity contribution in [1.29, 1.82) is 0 Å². The van der Waals surface area contributed by atoms with Crippen LogP contribution in [0.2, 0.25) is 10.0 Å². The summed E-state index contributed by atoms with van der Waals surface area (Å²) in [4.78, 5) is 27.9. The summed E-state index contributed by atoms with van der Waals surface area (Å²) in [5, 5.41) is 3.46. The molecular weight excluding hydrogens is 541 g/mol. The molecule has 0 unspecified atom stereocenters. The van der Waals surface area contributed by atoms with Gasteiger partial charge in [-0.15, -0.1) is 0 Å². The molecule has 0 spiro atoms. The Balaban J connectivity index is 2.48. The monoisotopic (exact) mass is 573 g/mol. The Morgan fingerprint density at radius 1 is 1.08 bits per heavy atom. The summed E-state index contributed by atoms with van der Waals surface area (Å²) in [6.45, 7) is 3.33. The molecule has 0 saturated carbocycles. The van der Waals surface area contributed by atoms with Gasteiger partial charge in [0.05, 0.1) is 26.2 Å². The minimum Gasteiger partial charge on any atom is -0.497 e. The zero-order chi connectivity index (χ0) is 27.8. The van der Waals surface area contributed by atoms with E-state index in [4.69, 9.17) is 32.7 Å². The van der Waals surface area contributed by atoms with Crippen LogP contribution in [0.1, 0.15) is 32.3 Å². The van der Waals surface area contributed by atoms with Crippen molar-refractivity contribution >= 4 is 50.7 Å². The summed E-state index contributed by atoms with van der Waals surface area (Å²) in [6, 6.07) is 8.56. The first-order valence-corrected chi connectivity index (χ1v) is 14.2. The third-order valence-electron chi connectivity index (χ3n) is 5.72. The van der Waals surface area contributed by atoms with Crippen LogP contribution in [-0.4, -0.2) is 64.7 Å². The van der Waals surface area contributed by atoms with E-state index in [0.717, 1.165) is 23.4 Å². The molecule has 2 rings (SSSR count). The van der Waals surface area contributed by atoms with Gasteiger partial charge >= 0.3 is 0 Å². The molecule has 12 heteroatoms. The number of anilines is 1. The molecule has 0 aliphatic carbocycles. The maximum atomic E-state index is 13.7. The molecule has 0 aliphatic heterocycles. The Kier molecular flexibility index (Phi) is 11.3. The van der Waals surface area contributed by atoms with E-state index in [-0.39, 0.29) is 23.9 Å². The topological polar surface area (TPSA) is 105 Å². The number of rotatable bonds is 13. The van der Waals surface area contributed by atoms with Crippen LogP contribution in [0.4, 0.5) is 5.69 Å². The first kappa shape index (κ1) is 30.5. The maximum Gasteiger partial charge on any atom is 0.244 e. The number of carbonyl (C=O) groups excluding carboxylic acids is 2. The Bertz CT molecular complexity index is 1190. The number of methoxy groups -OCH3 is 2. The summed E-state index contributed by atoms with van der Waals surface area (Å²) < 4.78 is 37.1. The van der Waals surface area contributed by atoms with Crippen molar-refractivity contribution in [1.82, 2.24) is 10.2 Å². The second kappa shape index (κ2) is 13.7. The summed E-state index contributed by atoms with van der Waals surface area (Å²) in [5.41, 5.74) is 0.593. The average molecular weight is 575 g/mol. The SMILES string of the molecule is CCCCNC(=O)[C@@H](C)N(Cc1c(Cl)cccc1Cl)C(=O)CN(c1ccc(OC)cc1OC)S(C)(=O)=O. The van der Waals surface area contributed by atoms with E-state index in [1.807, 2.05) is 6.92 Å². The summed E-state index contributed by atoms with van der Waals surface area (Å²) in [7, 11) is -1.09. The van der Waals surface area contributed by atoms with Gasteiger partial charge in [0.1, 0.15) is 24.1 Å². The third kappa shape index (κ3) is 8.15. The first-order chi connectivity index (χ1) is 17.4. The summed E-state index contributed by atoms with van der Waals surface area (Å²) in [5.74, 6) is -0.355. The predicted octanol–water partition coefficient (Wildman–Crippen LogP) is 4.11. The number of unbranched alkanes of at least 4 members (excludes halogenated alkanes) is 1. The zero-order valence-electron chi connectivity index (χ0n) is 21.6. The smallest absolute Gasteiger partial charge is 0.244 e. The zero-order valence-corrected chi connectivity index (χ0v) is 23.9. The van der Waals surface area contributed by atoms with Gasteiger partial charge in [0.2, 0.25) is 21.8 Å².